The lowest BCUT2D eigenvalue weighted by molar-refractivity contribution is 0.189. The summed E-state index contributed by atoms with van der Waals surface area (Å²) in [5, 5.41) is 5.71. The monoisotopic (exact) mass is 255 g/mol. The number of hydrogen-bond donors (Lipinski definition) is 3. The van der Waals surface area contributed by atoms with Crippen LogP contribution in [-0.2, 0) is 0 Å². The van der Waals surface area contributed by atoms with Crippen LogP contribution in [-0.4, -0.2) is 24.7 Å². The third-order valence-corrected chi connectivity index (χ3v) is 4.11. The number of hydrogen-bond acceptors (Lipinski definition) is 2. The van der Waals surface area contributed by atoms with E-state index in [1.807, 2.05) is 6.92 Å². The van der Waals surface area contributed by atoms with Crippen molar-refractivity contribution in [2.45, 2.75) is 58.4 Å². The summed E-state index contributed by atoms with van der Waals surface area (Å²) < 4.78 is 0. The number of carbonyl (C=O) groups excluding carboxylic acids is 1. The van der Waals surface area contributed by atoms with Gasteiger partial charge in [0.15, 0.2) is 0 Å². The molecule has 0 aromatic rings. The van der Waals surface area contributed by atoms with E-state index in [2.05, 4.69) is 24.5 Å². The highest BCUT2D eigenvalue weighted by molar-refractivity contribution is 5.73. The van der Waals surface area contributed by atoms with Crippen molar-refractivity contribution in [3.63, 3.8) is 0 Å². The molecule has 0 spiro atoms. The van der Waals surface area contributed by atoms with E-state index in [9.17, 15) is 4.79 Å². The summed E-state index contributed by atoms with van der Waals surface area (Å²) in [6, 6.07) is -0.0901. The number of carbonyl (C=O) groups is 1. The van der Waals surface area contributed by atoms with Gasteiger partial charge < -0.3 is 16.4 Å². The first-order valence-electron chi connectivity index (χ1n) is 7.27. The maximum atomic E-state index is 11.5. The molecule has 0 aromatic carbocycles. The summed E-state index contributed by atoms with van der Waals surface area (Å²) >= 11 is 0. The predicted octanol–water partition coefficient (Wildman–Crippen LogP) is 2.24. The van der Waals surface area contributed by atoms with Gasteiger partial charge in [0.1, 0.15) is 0 Å². The minimum absolute atomic E-state index is 0.0901. The smallest absolute Gasteiger partial charge is 0.314 e. The van der Waals surface area contributed by atoms with E-state index in [0.717, 1.165) is 37.6 Å². The van der Waals surface area contributed by atoms with Gasteiger partial charge >= 0.3 is 6.03 Å². The first-order valence-corrected chi connectivity index (χ1v) is 7.27. The van der Waals surface area contributed by atoms with E-state index in [1.54, 1.807) is 0 Å². The van der Waals surface area contributed by atoms with Crippen molar-refractivity contribution in [3.05, 3.63) is 0 Å². The van der Waals surface area contributed by atoms with Crippen LogP contribution in [0.3, 0.4) is 0 Å². The molecule has 0 bridgehead atoms. The molecule has 0 radical (unpaired) electrons. The van der Waals surface area contributed by atoms with Crippen LogP contribution in [0.5, 0.6) is 0 Å². The Morgan fingerprint density at radius 1 is 1.33 bits per heavy atom. The lowest BCUT2D eigenvalue weighted by atomic mass is 9.73. The fourth-order valence-electron chi connectivity index (χ4n) is 2.62. The maximum absolute atomic E-state index is 11.5. The van der Waals surface area contributed by atoms with E-state index in [1.165, 1.54) is 12.8 Å². The van der Waals surface area contributed by atoms with Crippen molar-refractivity contribution in [1.82, 2.24) is 10.6 Å². The zero-order valence-electron chi connectivity index (χ0n) is 12.1. The zero-order valence-corrected chi connectivity index (χ0v) is 12.1. The topological polar surface area (TPSA) is 67.2 Å². The van der Waals surface area contributed by atoms with Crippen LogP contribution < -0.4 is 16.4 Å². The molecule has 18 heavy (non-hydrogen) atoms. The van der Waals surface area contributed by atoms with Crippen LogP contribution in [0.15, 0.2) is 0 Å². The second-order valence-electron chi connectivity index (χ2n) is 6.05. The van der Waals surface area contributed by atoms with Crippen LogP contribution in [0.2, 0.25) is 0 Å². The number of nitrogens with one attached hydrogen (secondary N) is 2. The molecule has 0 saturated heterocycles. The highest BCUT2D eigenvalue weighted by Gasteiger charge is 2.32. The van der Waals surface area contributed by atoms with Gasteiger partial charge in [0.25, 0.3) is 0 Å². The van der Waals surface area contributed by atoms with Crippen molar-refractivity contribution in [2.24, 2.45) is 17.6 Å². The van der Waals surface area contributed by atoms with Gasteiger partial charge in [-0.15, -0.1) is 0 Å². The number of rotatable bonds is 5. The van der Waals surface area contributed by atoms with Crippen molar-refractivity contribution >= 4 is 6.03 Å². The summed E-state index contributed by atoms with van der Waals surface area (Å²) in [6.07, 6.45) is 5.36. The predicted molar refractivity (Wildman–Crippen MR) is 75.4 cm³/mol. The molecule has 0 aromatic heterocycles. The van der Waals surface area contributed by atoms with Crippen LogP contribution >= 0.6 is 0 Å². The summed E-state index contributed by atoms with van der Waals surface area (Å²) in [6.45, 7) is 7.92. The molecule has 4 heteroatoms. The number of nitrogens with two attached hydrogens (primary N) is 1. The van der Waals surface area contributed by atoms with E-state index in [-0.39, 0.29) is 11.6 Å². The Bertz CT molecular complexity index is 258. The van der Waals surface area contributed by atoms with Crippen molar-refractivity contribution < 1.29 is 4.79 Å². The summed E-state index contributed by atoms with van der Waals surface area (Å²) in [5.74, 6) is 1.55. The molecule has 0 aliphatic heterocycles. The summed E-state index contributed by atoms with van der Waals surface area (Å²) in [4.78, 5) is 11.5. The number of amides is 2. The van der Waals surface area contributed by atoms with Gasteiger partial charge in [-0.05, 0) is 43.9 Å². The van der Waals surface area contributed by atoms with Gasteiger partial charge in [-0.3, -0.25) is 0 Å². The molecule has 1 rings (SSSR count). The Balaban J connectivity index is 2.28. The number of urea groups is 1. The average molecular weight is 255 g/mol. The van der Waals surface area contributed by atoms with Crippen LogP contribution in [0, 0.1) is 11.8 Å². The summed E-state index contributed by atoms with van der Waals surface area (Å²) in [5.41, 5.74) is 6.16. The fourth-order valence-corrected chi connectivity index (χ4v) is 2.62. The molecule has 1 aliphatic carbocycles. The molecule has 0 atom stereocenters. The van der Waals surface area contributed by atoms with Gasteiger partial charge in [0.05, 0.1) is 0 Å². The van der Waals surface area contributed by atoms with Gasteiger partial charge in [-0.25, -0.2) is 4.79 Å². The molecule has 106 valence electrons. The molecule has 4 N–H and O–H groups in total. The van der Waals surface area contributed by atoms with E-state index in [4.69, 9.17) is 5.73 Å². The quantitative estimate of drug-likeness (QED) is 0.705. The van der Waals surface area contributed by atoms with Crippen molar-refractivity contribution in [2.75, 3.05) is 13.1 Å². The largest absolute Gasteiger partial charge is 0.338 e. The molecule has 0 unspecified atom stereocenters. The highest BCUT2D eigenvalue weighted by Crippen LogP contribution is 2.34. The molecule has 4 nitrogen and oxygen atoms in total. The third kappa shape index (κ3) is 4.84. The zero-order chi connectivity index (χ0) is 13.6. The third-order valence-electron chi connectivity index (χ3n) is 4.11. The maximum Gasteiger partial charge on any atom is 0.314 e. The first kappa shape index (κ1) is 15.3. The second-order valence-corrected chi connectivity index (χ2v) is 6.05. The average Bonchev–Trinajstić information content (AvgIpc) is 2.34. The molecule has 1 saturated carbocycles. The molecule has 0 heterocycles. The van der Waals surface area contributed by atoms with Crippen molar-refractivity contribution in [1.29, 1.82) is 0 Å². The summed E-state index contributed by atoms with van der Waals surface area (Å²) in [7, 11) is 0. The Kier molecular flexibility index (Phi) is 5.93. The van der Waals surface area contributed by atoms with Gasteiger partial charge in [0.2, 0.25) is 0 Å². The Labute approximate surface area is 111 Å². The van der Waals surface area contributed by atoms with E-state index >= 15 is 0 Å². The Hall–Kier alpha value is -0.770. The van der Waals surface area contributed by atoms with Crippen LogP contribution in [0.1, 0.15) is 52.9 Å². The van der Waals surface area contributed by atoms with Crippen molar-refractivity contribution in [3.8, 4) is 0 Å². The SMILES string of the molecule is CCCNC(=O)NCC1(N)CCC(C(C)C)CC1. The lowest BCUT2D eigenvalue weighted by Crippen LogP contribution is -2.54. The van der Waals surface area contributed by atoms with Crippen LogP contribution in [0.25, 0.3) is 0 Å². The first-order chi connectivity index (χ1) is 8.47. The molecular formula is C14H29N3O. The Morgan fingerprint density at radius 2 is 1.94 bits per heavy atom. The van der Waals surface area contributed by atoms with Gasteiger partial charge in [0, 0.05) is 18.6 Å². The van der Waals surface area contributed by atoms with E-state index < -0.39 is 0 Å². The standard InChI is InChI=1S/C14H29N3O/c1-4-9-16-13(18)17-10-14(15)7-5-12(6-8-14)11(2)3/h11-12H,4-10,15H2,1-3H3,(H2,16,17,18). The minimum Gasteiger partial charge on any atom is -0.338 e. The Morgan fingerprint density at radius 3 is 2.44 bits per heavy atom. The lowest BCUT2D eigenvalue weighted by Gasteiger charge is -2.38. The molecule has 1 fully saturated rings. The second kappa shape index (κ2) is 6.98. The highest BCUT2D eigenvalue weighted by atomic mass is 16.2. The molecule has 1 aliphatic rings. The minimum atomic E-state index is -0.199. The molecular weight excluding hydrogens is 226 g/mol. The van der Waals surface area contributed by atoms with Gasteiger partial charge in [-0.2, -0.15) is 0 Å². The van der Waals surface area contributed by atoms with E-state index in [0.29, 0.717) is 6.54 Å². The fraction of sp³-hybridized carbons (Fsp3) is 0.929. The molecule has 2 amide bonds. The van der Waals surface area contributed by atoms with Crippen LogP contribution in [0.4, 0.5) is 4.79 Å². The normalized spacial score (nSPS) is 28.2. The van der Waals surface area contributed by atoms with Gasteiger partial charge in [-0.1, -0.05) is 20.8 Å².